The Morgan fingerprint density at radius 2 is 2.00 bits per heavy atom. The summed E-state index contributed by atoms with van der Waals surface area (Å²) >= 11 is 0. The fraction of sp³-hybridized carbons (Fsp3) is 0.174. The van der Waals surface area contributed by atoms with E-state index in [9.17, 15) is 14.4 Å². The van der Waals surface area contributed by atoms with Crippen LogP contribution in [0.3, 0.4) is 0 Å². The third-order valence-electron chi connectivity index (χ3n) is 5.27. The van der Waals surface area contributed by atoms with Gasteiger partial charge in [-0.25, -0.2) is 9.67 Å². The van der Waals surface area contributed by atoms with Crippen LogP contribution < -0.4 is 20.9 Å². The third kappa shape index (κ3) is 4.05. The van der Waals surface area contributed by atoms with Crippen molar-refractivity contribution in [3.8, 4) is 11.4 Å². The lowest BCUT2D eigenvalue weighted by Crippen LogP contribution is -2.34. The van der Waals surface area contributed by atoms with E-state index in [0.29, 0.717) is 34.0 Å². The van der Waals surface area contributed by atoms with Crippen LogP contribution in [0.25, 0.3) is 16.7 Å². The van der Waals surface area contributed by atoms with Gasteiger partial charge in [0.2, 0.25) is 5.91 Å². The molecule has 0 saturated carbocycles. The molecule has 1 atom stereocenters. The van der Waals surface area contributed by atoms with E-state index >= 15 is 0 Å². The number of carbonyl (C=O) groups excluding carboxylic acids is 2. The molecule has 3 heterocycles. The van der Waals surface area contributed by atoms with Crippen LogP contribution >= 0.6 is 0 Å². The molecule has 1 aliphatic rings. The molecule has 10 heteroatoms. The number of hydrogen-bond donors (Lipinski definition) is 3. The number of amides is 2. The SMILES string of the molecule is CC1Oc2ccc(NC(=O)CCc3nc4c(cnn4-c4ccccc4)c(=O)[nH]3)cc2NC1=O. The zero-order valence-corrected chi connectivity index (χ0v) is 17.7. The first-order valence-corrected chi connectivity index (χ1v) is 10.4. The molecule has 4 aromatic rings. The topological polar surface area (TPSA) is 131 Å². The van der Waals surface area contributed by atoms with E-state index in [2.05, 4.69) is 25.7 Å². The summed E-state index contributed by atoms with van der Waals surface area (Å²) in [6.45, 7) is 1.66. The molecule has 3 N–H and O–H groups in total. The summed E-state index contributed by atoms with van der Waals surface area (Å²) in [5, 5.41) is 10.2. The Kier molecular flexibility index (Phi) is 5.09. The van der Waals surface area contributed by atoms with Crippen LogP contribution in [0, 0.1) is 0 Å². The number of ether oxygens (including phenoxy) is 1. The van der Waals surface area contributed by atoms with Gasteiger partial charge in [0.15, 0.2) is 11.8 Å². The average molecular weight is 444 g/mol. The zero-order chi connectivity index (χ0) is 22.9. The van der Waals surface area contributed by atoms with Crippen molar-refractivity contribution in [1.29, 1.82) is 0 Å². The standard InChI is InChI=1S/C23H20N6O4/c1-13-22(31)26-17-11-14(7-8-18(17)33-13)25-20(30)10-9-19-27-21-16(23(32)28-19)12-24-29(21)15-5-3-2-4-6-15/h2-8,11-13H,9-10H2,1H3,(H,25,30)(H,26,31)(H,27,28,32). The van der Waals surface area contributed by atoms with E-state index in [0.717, 1.165) is 5.69 Å². The van der Waals surface area contributed by atoms with Crippen LogP contribution in [0.1, 0.15) is 19.2 Å². The summed E-state index contributed by atoms with van der Waals surface area (Å²) in [6.07, 6.45) is 1.25. The Morgan fingerprint density at radius 3 is 2.82 bits per heavy atom. The highest BCUT2D eigenvalue weighted by Crippen LogP contribution is 2.32. The monoisotopic (exact) mass is 444 g/mol. The van der Waals surface area contributed by atoms with Crippen LogP contribution in [0.2, 0.25) is 0 Å². The first-order chi connectivity index (χ1) is 16.0. The number of aromatic nitrogens is 4. The molecule has 0 radical (unpaired) electrons. The van der Waals surface area contributed by atoms with E-state index < -0.39 is 6.10 Å². The molecule has 2 aromatic carbocycles. The number of rotatable bonds is 5. The van der Waals surface area contributed by atoms with Crippen molar-refractivity contribution < 1.29 is 14.3 Å². The van der Waals surface area contributed by atoms with Gasteiger partial charge in [0.25, 0.3) is 11.5 Å². The third-order valence-corrected chi connectivity index (χ3v) is 5.27. The summed E-state index contributed by atoms with van der Waals surface area (Å²) in [4.78, 5) is 44.0. The second-order valence-corrected chi connectivity index (χ2v) is 7.65. The number of aromatic amines is 1. The van der Waals surface area contributed by atoms with Crippen LogP contribution in [0.4, 0.5) is 11.4 Å². The molecule has 33 heavy (non-hydrogen) atoms. The molecule has 0 spiro atoms. The maximum Gasteiger partial charge on any atom is 0.265 e. The maximum atomic E-state index is 12.5. The predicted octanol–water partition coefficient (Wildman–Crippen LogP) is 2.40. The maximum absolute atomic E-state index is 12.5. The fourth-order valence-corrected chi connectivity index (χ4v) is 3.58. The summed E-state index contributed by atoms with van der Waals surface area (Å²) in [7, 11) is 0. The van der Waals surface area contributed by atoms with E-state index in [1.54, 1.807) is 29.8 Å². The normalized spacial score (nSPS) is 14.9. The molecule has 2 aromatic heterocycles. The van der Waals surface area contributed by atoms with Gasteiger partial charge >= 0.3 is 0 Å². The number of carbonyl (C=O) groups is 2. The van der Waals surface area contributed by atoms with Crippen LogP contribution in [0.15, 0.2) is 59.5 Å². The number of hydrogen-bond acceptors (Lipinski definition) is 6. The van der Waals surface area contributed by atoms with Gasteiger partial charge in [0, 0.05) is 18.5 Å². The van der Waals surface area contributed by atoms with Crippen molar-refractivity contribution in [2.45, 2.75) is 25.9 Å². The Morgan fingerprint density at radius 1 is 1.18 bits per heavy atom. The summed E-state index contributed by atoms with van der Waals surface area (Å²) in [5.41, 5.74) is 1.93. The molecule has 5 rings (SSSR count). The number of H-pyrrole nitrogens is 1. The highest BCUT2D eigenvalue weighted by atomic mass is 16.5. The molecular weight excluding hydrogens is 424 g/mol. The lowest BCUT2D eigenvalue weighted by Gasteiger charge is -2.23. The summed E-state index contributed by atoms with van der Waals surface area (Å²) in [6, 6.07) is 14.4. The molecule has 2 amide bonds. The number of fused-ring (bicyclic) bond motifs is 2. The number of nitrogens with zero attached hydrogens (tertiary/aromatic N) is 3. The van der Waals surface area contributed by atoms with Gasteiger partial charge in [-0.3, -0.25) is 14.4 Å². The smallest absolute Gasteiger partial charge is 0.265 e. The number of aryl methyl sites for hydroxylation is 1. The molecule has 166 valence electrons. The molecule has 1 aliphatic heterocycles. The Hall–Kier alpha value is -4.47. The number of nitrogens with one attached hydrogen (secondary N) is 3. The first kappa shape index (κ1) is 20.4. The lowest BCUT2D eigenvalue weighted by atomic mass is 10.2. The van der Waals surface area contributed by atoms with Gasteiger partial charge in [-0.15, -0.1) is 0 Å². The van der Waals surface area contributed by atoms with Crippen molar-refractivity contribution in [1.82, 2.24) is 19.7 Å². The lowest BCUT2D eigenvalue weighted by molar-refractivity contribution is -0.122. The fourth-order valence-electron chi connectivity index (χ4n) is 3.58. The average Bonchev–Trinajstić information content (AvgIpc) is 3.24. The van der Waals surface area contributed by atoms with Gasteiger partial charge in [-0.2, -0.15) is 5.10 Å². The minimum absolute atomic E-state index is 0.102. The largest absolute Gasteiger partial charge is 0.479 e. The molecule has 0 fully saturated rings. The molecule has 0 bridgehead atoms. The van der Waals surface area contributed by atoms with Crippen molar-refractivity contribution in [3.63, 3.8) is 0 Å². The van der Waals surface area contributed by atoms with Gasteiger partial charge in [-0.1, -0.05) is 18.2 Å². The van der Waals surface area contributed by atoms with Crippen LogP contribution in [-0.2, 0) is 16.0 Å². The molecule has 0 aliphatic carbocycles. The quantitative estimate of drug-likeness (QED) is 0.433. The molecular formula is C23H20N6O4. The Labute approximate surface area is 187 Å². The summed E-state index contributed by atoms with van der Waals surface area (Å²) < 4.78 is 7.11. The minimum Gasteiger partial charge on any atom is -0.479 e. The first-order valence-electron chi connectivity index (χ1n) is 10.4. The second kappa shape index (κ2) is 8.23. The van der Waals surface area contributed by atoms with Crippen LogP contribution in [0.5, 0.6) is 5.75 Å². The highest BCUT2D eigenvalue weighted by Gasteiger charge is 2.23. The minimum atomic E-state index is -0.567. The number of benzene rings is 2. The second-order valence-electron chi connectivity index (χ2n) is 7.65. The molecule has 10 nitrogen and oxygen atoms in total. The van der Waals surface area contributed by atoms with Gasteiger partial charge < -0.3 is 20.4 Å². The van der Waals surface area contributed by atoms with Gasteiger partial charge in [-0.05, 0) is 37.3 Å². The predicted molar refractivity (Wildman–Crippen MR) is 122 cm³/mol. The molecule has 1 unspecified atom stereocenters. The summed E-state index contributed by atoms with van der Waals surface area (Å²) in [5.74, 6) is 0.433. The van der Waals surface area contributed by atoms with Gasteiger partial charge in [0.1, 0.15) is 17.0 Å². The van der Waals surface area contributed by atoms with E-state index in [1.165, 1.54) is 6.20 Å². The molecule has 0 saturated heterocycles. The van der Waals surface area contributed by atoms with E-state index in [1.807, 2.05) is 30.3 Å². The highest BCUT2D eigenvalue weighted by molar-refractivity contribution is 5.99. The van der Waals surface area contributed by atoms with Crippen molar-refractivity contribution >= 4 is 34.2 Å². The Balaban J connectivity index is 1.30. The van der Waals surface area contributed by atoms with E-state index in [4.69, 9.17) is 4.74 Å². The number of anilines is 2. The van der Waals surface area contributed by atoms with Crippen molar-refractivity contribution in [3.05, 3.63) is 70.9 Å². The number of para-hydroxylation sites is 1. The Bertz CT molecular complexity index is 1430. The van der Waals surface area contributed by atoms with Crippen molar-refractivity contribution in [2.24, 2.45) is 0 Å². The van der Waals surface area contributed by atoms with Crippen molar-refractivity contribution in [2.75, 3.05) is 10.6 Å². The van der Waals surface area contributed by atoms with Crippen LogP contribution in [-0.4, -0.2) is 37.7 Å². The van der Waals surface area contributed by atoms with Gasteiger partial charge in [0.05, 0.1) is 17.6 Å². The zero-order valence-electron chi connectivity index (χ0n) is 17.7. The van der Waals surface area contributed by atoms with E-state index in [-0.39, 0.29) is 30.2 Å².